The van der Waals surface area contributed by atoms with Crippen LogP contribution in [-0.2, 0) is 0 Å². The summed E-state index contributed by atoms with van der Waals surface area (Å²) in [4.78, 5) is 8.35. The number of aromatic nitrogens is 2. The molecule has 0 unspecified atom stereocenters. The van der Waals surface area contributed by atoms with E-state index in [0.717, 1.165) is 4.47 Å². The topological polar surface area (TPSA) is 73.4 Å². The van der Waals surface area contributed by atoms with E-state index in [1.807, 2.05) is 18.2 Å². The van der Waals surface area contributed by atoms with E-state index in [1.165, 1.54) is 0 Å². The number of benzene rings is 1. The van der Waals surface area contributed by atoms with Gasteiger partial charge in [-0.1, -0.05) is 17.7 Å². The molecule has 0 fully saturated rings. The number of hydrogen-bond acceptors (Lipinski definition) is 4. The van der Waals surface area contributed by atoms with Gasteiger partial charge in [-0.25, -0.2) is 9.97 Å². The zero-order valence-corrected chi connectivity index (χ0v) is 10.7. The normalized spacial score (nSPS) is 10.2. The standard InChI is InChI=1S/C11H4BrClN4/c12-7-2-1-3-8-10(7)17-11(13)9(16-8)6(4-14)5-15/h1-3,6H. The second-order valence-electron chi connectivity index (χ2n) is 3.20. The minimum absolute atomic E-state index is 0.0810. The monoisotopic (exact) mass is 306 g/mol. The smallest absolute Gasteiger partial charge is 0.178 e. The second-order valence-corrected chi connectivity index (χ2v) is 4.41. The van der Waals surface area contributed by atoms with Crippen LogP contribution in [0.5, 0.6) is 0 Å². The molecule has 0 bridgehead atoms. The Balaban J connectivity index is 2.74. The first-order valence-corrected chi connectivity index (χ1v) is 5.75. The van der Waals surface area contributed by atoms with E-state index in [2.05, 4.69) is 25.9 Å². The molecule has 17 heavy (non-hydrogen) atoms. The molecule has 2 rings (SSSR count). The first kappa shape index (κ1) is 11.8. The van der Waals surface area contributed by atoms with Crippen LogP contribution in [-0.4, -0.2) is 9.97 Å². The molecule has 0 aliphatic carbocycles. The summed E-state index contributed by atoms with van der Waals surface area (Å²) in [5.41, 5.74) is 1.40. The van der Waals surface area contributed by atoms with Gasteiger partial charge >= 0.3 is 0 Å². The fourth-order valence-corrected chi connectivity index (χ4v) is 2.05. The van der Waals surface area contributed by atoms with Crippen molar-refractivity contribution in [2.24, 2.45) is 0 Å². The van der Waals surface area contributed by atoms with E-state index in [0.29, 0.717) is 11.0 Å². The number of nitrogens with zero attached hydrogens (tertiary/aromatic N) is 4. The van der Waals surface area contributed by atoms with Gasteiger partial charge in [-0.05, 0) is 28.1 Å². The third kappa shape index (κ3) is 2.08. The summed E-state index contributed by atoms with van der Waals surface area (Å²) in [5, 5.41) is 17.7. The summed E-state index contributed by atoms with van der Waals surface area (Å²) in [6.45, 7) is 0. The van der Waals surface area contributed by atoms with Crippen molar-refractivity contribution < 1.29 is 0 Å². The van der Waals surface area contributed by atoms with Gasteiger partial charge < -0.3 is 0 Å². The Labute approximate surface area is 111 Å². The molecule has 1 aromatic carbocycles. The Morgan fingerprint density at radius 2 is 1.94 bits per heavy atom. The Morgan fingerprint density at radius 3 is 2.59 bits per heavy atom. The molecule has 1 heterocycles. The summed E-state index contributed by atoms with van der Waals surface area (Å²) in [5.74, 6) is -1.00. The number of hydrogen-bond donors (Lipinski definition) is 0. The van der Waals surface area contributed by atoms with Gasteiger partial charge in [0.2, 0.25) is 0 Å². The lowest BCUT2D eigenvalue weighted by Crippen LogP contribution is -2.00. The summed E-state index contributed by atoms with van der Waals surface area (Å²) >= 11 is 9.27. The minimum atomic E-state index is -1.00. The Hall–Kier alpha value is -1.69. The zero-order chi connectivity index (χ0) is 12.4. The van der Waals surface area contributed by atoms with Crippen LogP contribution in [0, 0.1) is 22.7 Å². The molecular formula is C11H4BrClN4. The van der Waals surface area contributed by atoms with Crippen LogP contribution in [0.25, 0.3) is 11.0 Å². The molecule has 1 aromatic heterocycles. The highest BCUT2D eigenvalue weighted by atomic mass is 79.9. The molecule has 0 aliphatic rings. The number of rotatable bonds is 1. The first-order valence-electron chi connectivity index (χ1n) is 4.58. The van der Waals surface area contributed by atoms with E-state index in [9.17, 15) is 0 Å². The van der Waals surface area contributed by atoms with Crippen LogP contribution in [0.1, 0.15) is 11.6 Å². The summed E-state index contributed by atoms with van der Waals surface area (Å²) < 4.78 is 0.765. The highest BCUT2D eigenvalue weighted by Gasteiger charge is 2.18. The molecule has 0 saturated heterocycles. The van der Waals surface area contributed by atoms with Crippen molar-refractivity contribution in [1.82, 2.24) is 9.97 Å². The quantitative estimate of drug-likeness (QED) is 0.811. The fraction of sp³-hybridized carbons (Fsp3) is 0.0909. The lowest BCUT2D eigenvalue weighted by Gasteiger charge is -2.05. The first-order chi connectivity index (χ1) is 8.17. The third-order valence-electron chi connectivity index (χ3n) is 2.16. The van der Waals surface area contributed by atoms with Crippen LogP contribution < -0.4 is 0 Å². The van der Waals surface area contributed by atoms with Gasteiger partial charge in [0, 0.05) is 4.47 Å². The molecule has 0 radical (unpaired) electrons. The van der Waals surface area contributed by atoms with Crippen LogP contribution in [0.4, 0.5) is 0 Å². The lowest BCUT2D eigenvalue weighted by molar-refractivity contribution is 1.01. The maximum atomic E-state index is 8.82. The predicted octanol–water partition coefficient (Wildman–Crippen LogP) is 3.18. The largest absolute Gasteiger partial charge is 0.245 e. The van der Waals surface area contributed by atoms with Gasteiger partial charge in [-0.3, -0.25) is 0 Å². The summed E-state index contributed by atoms with van der Waals surface area (Å²) in [6, 6.07) is 9.02. The molecule has 0 aliphatic heterocycles. The van der Waals surface area contributed by atoms with E-state index in [1.54, 1.807) is 12.1 Å². The van der Waals surface area contributed by atoms with E-state index < -0.39 is 5.92 Å². The molecule has 0 saturated carbocycles. The van der Waals surface area contributed by atoms with Gasteiger partial charge in [0.15, 0.2) is 11.1 Å². The Kier molecular flexibility index (Phi) is 3.23. The maximum absolute atomic E-state index is 8.82. The molecule has 4 nitrogen and oxygen atoms in total. The Bertz CT molecular complexity index is 657. The van der Waals surface area contributed by atoms with E-state index >= 15 is 0 Å². The summed E-state index contributed by atoms with van der Waals surface area (Å²) in [7, 11) is 0. The van der Waals surface area contributed by atoms with Crippen LogP contribution in [0.15, 0.2) is 22.7 Å². The van der Waals surface area contributed by atoms with Gasteiger partial charge in [-0.2, -0.15) is 10.5 Å². The van der Waals surface area contributed by atoms with Crippen molar-refractivity contribution in [3.8, 4) is 12.1 Å². The average Bonchev–Trinajstić information content (AvgIpc) is 2.33. The van der Waals surface area contributed by atoms with Crippen molar-refractivity contribution in [2.45, 2.75) is 5.92 Å². The molecule has 0 N–H and O–H groups in total. The van der Waals surface area contributed by atoms with Crippen molar-refractivity contribution in [2.75, 3.05) is 0 Å². The molecule has 6 heteroatoms. The van der Waals surface area contributed by atoms with Crippen molar-refractivity contribution in [3.63, 3.8) is 0 Å². The van der Waals surface area contributed by atoms with Crippen molar-refractivity contribution in [1.29, 1.82) is 10.5 Å². The highest BCUT2D eigenvalue weighted by Crippen LogP contribution is 2.27. The van der Waals surface area contributed by atoms with Gasteiger partial charge in [-0.15, -0.1) is 0 Å². The fourth-order valence-electron chi connectivity index (χ4n) is 1.37. The molecule has 0 amide bonds. The summed E-state index contributed by atoms with van der Waals surface area (Å²) in [6.07, 6.45) is 0. The zero-order valence-electron chi connectivity index (χ0n) is 8.35. The van der Waals surface area contributed by atoms with Crippen LogP contribution >= 0.6 is 27.5 Å². The molecule has 2 aromatic rings. The second kappa shape index (κ2) is 4.67. The predicted molar refractivity (Wildman–Crippen MR) is 66.2 cm³/mol. The molecule has 82 valence electrons. The van der Waals surface area contributed by atoms with Gasteiger partial charge in [0.1, 0.15) is 11.2 Å². The SMILES string of the molecule is N#CC(C#N)c1nc2cccc(Br)c2nc1Cl. The maximum Gasteiger partial charge on any atom is 0.178 e. The Morgan fingerprint density at radius 1 is 1.24 bits per heavy atom. The number of halogens is 2. The molecular weight excluding hydrogens is 304 g/mol. The van der Waals surface area contributed by atoms with Crippen molar-refractivity contribution in [3.05, 3.63) is 33.5 Å². The highest BCUT2D eigenvalue weighted by molar-refractivity contribution is 9.10. The lowest BCUT2D eigenvalue weighted by atomic mass is 10.1. The number of fused-ring (bicyclic) bond motifs is 1. The van der Waals surface area contributed by atoms with Crippen molar-refractivity contribution >= 4 is 38.6 Å². The number of para-hydroxylation sites is 1. The van der Waals surface area contributed by atoms with Gasteiger partial charge in [0.25, 0.3) is 0 Å². The van der Waals surface area contributed by atoms with E-state index in [4.69, 9.17) is 22.1 Å². The third-order valence-corrected chi connectivity index (χ3v) is 3.08. The van der Waals surface area contributed by atoms with E-state index in [-0.39, 0.29) is 10.8 Å². The molecule has 0 spiro atoms. The van der Waals surface area contributed by atoms with Crippen LogP contribution in [0.2, 0.25) is 5.15 Å². The minimum Gasteiger partial charge on any atom is -0.245 e. The average molecular weight is 308 g/mol. The van der Waals surface area contributed by atoms with Gasteiger partial charge in [0.05, 0.1) is 17.7 Å². The molecule has 0 atom stereocenters. The van der Waals surface area contributed by atoms with Crippen LogP contribution in [0.3, 0.4) is 0 Å². The number of nitriles is 2.